The van der Waals surface area contributed by atoms with Gasteiger partial charge in [-0.3, -0.25) is 4.79 Å². The molecule has 15 heavy (non-hydrogen) atoms. The lowest BCUT2D eigenvalue weighted by molar-refractivity contribution is -0.120. The van der Waals surface area contributed by atoms with E-state index < -0.39 is 0 Å². The number of carbonyl (C=O) groups excluding carboxylic acids is 1. The molecule has 1 fully saturated rings. The molecule has 0 unspecified atom stereocenters. The van der Waals surface area contributed by atoms with Crippen LogP contribution in [0.4, 0.5) is 5.69 Å². The van der Waals surface area contributed by atoms with Crippen molar-refractivity contribution < 1.29 is 4.79 Å². The predicted molar refractivity (Wildman–Crippen MR) is 61.4 cm³/mol. The Morgan fingerprint density at radius 1 is 1.47 bits per heavy atom. The van der Waals surface area contributed by atoms with Gasteiger partial charge in [-0.25, -0.2) is 0 Å². The highest BCUT2D eigenvalue weighted by atomic mass is 35.5. The smallest absolute Gasteiger partial charge is 0.239 e. The van der Waals surface area contributed by atoms with Gasteiger partial charge in [-0.15, -0.1) is 0 Å². The molecular formula is C11H13ClN2O. The first-order valence-corrected chi connectivity index (χ1v) is 5.32. The van der Waals surface area contributed by atoms with Crippen molar-refractivity contribution in [2.45, 2.75) is 6.92 Å². The van der Waals surface area contributed by atoms with Gasteiger partial charge in [0.15, 0.2) is 0 Å². The van der Waals surface area contributed by atoms with Crippen LogP contribution in [0.1, 0.15) is 5.56 Å². The normalized spacial score (nSPS) is 16.4. The molecule has 4 heteroatoms. The van der Waals surface area contributed by atoms with Gasteiger partial charge >= 0.3 is 0 Å². The van der Waals surface area contributed by atoms with E-state index in [1.165, 1.54) is 0 Å². The van der Waals surface area contributed by atoms with Crippen molar-refractivity contribution in [3.8, 4) is 0 Å². The molecule has 3 nitrogen and oxygen atoms in total. The monoisotopic (exact) mass is 224 g/mol. The summed E-state index contributed by atoms with van der Waals surface area (Å²) < 4.78 is 0. The molecule has 0 aliphatic carbocycles. The lowest BCUT2D eigenvalue weighted by atomic mass is 10.2. The van der Waals surface area contributed by atoms with Crippen molar-refractivity contribution in [3.05, 3.63) is 28.8 Å². The van der Waals surface area contributed by atoms with E-state index >= 15 is 0 Å². The summed E-state index contributed by atoms with van der Waals surface area (Å²) in [6, 6.07) is 5.89. The van der Waals surface area contributed by atoms with Gasteiger partial charge in [0.25, 0.3) is 0 Å². The minimum Gasteiger partial charge on any atom is -0.360 e. The highest BCUT2D eigenvalue weighted by molar-refractivity contribution is 6.31. The van der Waals surface area contributed by atoms with Gasteiger partial charge in [-0.1, -0.05) is 17.7 Å². The fourth-order valence-electron chi connectivity index (χ4n) is 1.64. The van der Waals surface area contributed by atoms with Gasteiger partial charge in [0.2, 0.25) is 5.91 Å². The van der Waals surface area contributed by atoms with E-state index in [1.54, 1.807) is 0 Å². The predicted octanol–water partition coefficient (Wildman–Crippen LogP) is 1.58. The van der Waals surface area contributed by atoms with Gasteiger partial charge in [0.05, 0.1) is 6.54 Å². The summed E-state index contributed by atoms with van der Waals surface area (Å²) in [4.78, 5) is 13.2. The third kappa shape index (κ3) is 2.23. The zero-order valence-electron chi connectivity index (χ0n) is 8.59. The molecule has 1 aromatic carbocycles. The maximum absolute atomic E-state index is 11.2. The van der Waals surface area contributed by atoms with E-state index in [0.717, 1.165) is 22.8 Å². The Morgan fingerprint density at radius 3 is 2.93 bits per heavy atom. The number of hydrogen-bond acceptors (Lipinski definition) is 2. The molecule has 1 N–H and O–H groups in total. The van der Waals surface area contributed by atoms with Crippen molar-refractivity contribution in [2.24, 2.45) is 0 Å². The number of rotatable bonds is 1. The summed E-state index contributed by atoms with van der Waals surface area (Å²) in [7, 11) is 0. The molecule has 0 bridgehead atoms. The first-order chi connectivity index (χ1) is 7.16. The number of hydrogen-bond donors (Lipinski definition) is 1. The minimum absolute atomic E-state index is 0.0675. The molecule has 0 aromatic heterocycles. The quantitative estimate of drug-likeness (QED) is 0.786. The van der Waals surface area contributed by atoms with Crippen LogP contribution < -0.4 is 10.2 Å². The zero-order chi connectivity index (χ0) is 10.8. The topological polar surface area (TPSA) is 32.3 Å². The second kappa shape index (κ2) is 4.11. The molecule has 0 saturated carbocycles. The van der Waals surface area contributed by atoms with E-state index in [1.807, 2.05) is 30.0 Å². The molecule has 0 atom stereocenters. The van der Waals surface area contributed by atoms with Crippen LogP contribution in [-0.2, 0) is 4.79 Å². The van der Waals surface area contributed by atoms with Gasteiger partial charge in [0, 0.05) is 23.8 Å². The average Bonchev–Trinajstić information content (AvgIpc) is 2.22. The Balaban J connectivity index is 2.21. The van der Waals surface area contributed by atoms with Gasteiger partial charge in [0.1, 0.15) is 0 Å². The largest absolute Gasteiger partial charge is 0.360 e. The van der Waals surface area contributed by atoms with Crippen molar-refractivity contribution in [1.82, 2.24) is 5.32 Å². The Bertz CT molecular complexity index is 392. The lowest BCUT2D eigenvalue weighted by Gasteiger charge is -2.28. The summed E-state index contributed by atoms with van der Waals surface area (Å²) in [6.45, 7) is 3.92. The third-order valence-corrected chi connectivity index (χ3v) is 2.97. The highest BCUT2D eigenvalue weighted by Gasteiger charge is 2.16. The number of halogens is 1. The van der Waals surface area contributed by atoms with Crippen LogP contribution >= 0.6 is 11.6 Å². The number of aryl methyl sites for hydroxylation is 1. The summed E-state index contributed by atoms with van der Waals surface area (Å²) in [5, 5.41) is 3.54. The fraction of sp³-hybridized carbons (Fsp3) is 0.364. The van der Waals surface area contributed by atoms with Gasteiger partial charge in [-0.05, 0) is 24.6 Å². The highest BCUT2D eigenvalue weighted by Crippen LogP contribution is 2.23. The molecule has 1 aliphatic heterocycles. The summed E-state index contributed by atoms with van der Waals surface area (Å²) in [5.41, 5.74) is 2.07. The second-order valence-corrected chi connectivity index (χ2v) is 4.11. The Morgan fingerprint density at radius 2 is 2.27 bits per heavy atom. The van der Waals surface area contributed by atoms with Crippen molar-refractivity contribution in [2.75, 3.05) is 24.5 Å². The SMILES string of the molecule is Cc1ccc(N2CCNC(=O)C2)cc1Cl. The van der Waals surface area contributed by atoms with Crippen LogP contribution in [0.15, 0.2) is 18.2 Å². The molecule has 1 heterocycles. The van der Waals surface area contributed by atoms with Crippen LogP contribution in [0.2, 0.25) is 5.02 Å². The van der Waals surface area contributed by atoms with Crippen LogP contribution in [0.3, 0.4) is 0 Å². The van der Waals surface area contributed by atoms with Crippen LogP contribution in [0, 0.1) is 6.92 Å². The van der Waals surface area contributed by atoms with Crippen molar-refractivity contribution >= 4 is 23.2 Å². The summed E-state index contributed by atoms with van der Waals surface area (Å²) in [6.07, 6.45) is 0. The molecule has 0 spiro atoms. The first-order valence-electron chi connectivity index (χ1n) is 4.94. The number of anilines is 1. The van der Waals surface area contributed by atoms with E-state index in [9.17, 15) is 4.79 Å². The Hall–Kier alpha value is -1.22. The molecule has 1 amide bonds. The maximum atomic E-state index is 11.2. The molecule has 1 saturated heterocycles. The number of carbonyl (C=O) groups is 1. The van der Waals surface area contributed by atoms with Crippen molar-refractivity contribution in [1.29, 1.82) is 0 Å². The zero-order valence-corrected chi connectivity index (χ0v) is 9.34. The first kappa shape index (κ1) is 10.3. The number of piperazine rings is 1. The minimum atomic E-state index is 0.0675. The molecule has 80 valence electrons. The maximum Gasteiger partial charge on any atom is 0.239 e. The van der Waals surface area contributed by atoms with Gasteiger partial charge < -0.3 is 10.2 Å². The summed E-state index contributed by atoms with van der Waals surface area (Å²) in [5.74, 6) is 0.0675. The number of nitrogens with one attached hydrogen (secondary N) is 1. The number of amides is 1. The number of nitrogens with zero attached hydrogens (tertiary/aromatic N) is 1. The van der Waals surface area contributed by atoms with E-state index in [2.05, 4.69) is 5.32 Å². The standard InChI is InChI=1S/C11H13ClN2O/c1-8-2-3-9(6-10(8)12)14-5-4-13-11(15)7-14/h2-3,6H,4-5,7H2,1H3,(H,13,15). The average molecular weight is 225 g/mol. The van der Waals surface area contributed by atoms with Crippen molar-refractivity contribution in [3.63, 3.8) is 0 Å². The Kier molecular flexibility index (Phi) is 2.82. The van der Waals surface area contributed by atoms with E-state index in [-0.39, 0.29) is 5.91 Å². The van der Waals surface area contributed by atoms with Gasteiger partial charge in [-0.2, -0.15) is 0 Å². The fourth-order valence-corrected chi connectivity index (χ4v) is 1.81. The third-order valence-electron chi connectivity index (χ3n) is 2.56. The molecule has 1 aromatic rings. The van der Waals surface area contributed by atoms with E-state index in [4.69, 9.17) is 11.6 Å². The molecule has 1 aliphatic rings. The molecular weight excluding hydrogens is 212 g/mol. The lowest BCUT2D eigenvalue weighted by Crippen LogP contribution is -2.47. The second-order valence-electron chi connectivity index (χ2n) is 3.70. The van der Waals surface area contributed by atoms with E-state index in [0.29, 0.717) is 13.1 Å². The molecule has 2 rings (SSSR count). The van der Waals surface area contributed by atoms with Crippen LogP contribution in [0.25, 0.3) is 0 Å². The summed E-state index contributed by atoms with van der Waals surface area (Å²) >= 11 is 6.04. The molecule has 0 radical (unpaired) electrons. The Labute approximate surface area is 94.0 Å². The van der Waals surface area contributed by atoms with Crippen LogP contribution in [-0.4, -0.2) is 25.5 Å². The number of benzene rings is 1. The van der Waals surface area contributed by atoms with Crippen LogP contribution in [0.5, 0.6) is 0 Å².